The number of hydrogen-bond acceptors (Lipinski definition) is 5. The van der Waals surface area contributed by atoms with Crippen LogP contribution >= 0.6 is 23.2 Å². The largest absolute Gasteiger partial charge is 0.489 e. The van der Waals surface area contributed by atoms with E-state index in [1.54, 1.807) is 42.1 Å². The van der Waals surface area contributed by atoms with E-state index in [1.807, 2.05) is 6.92 Å². The highest BCUT2D eigenvalue weighted by Crippen LogP contribution is 2.20. The molecule has 0 aliphatic carbocycles. The molecule has 0 spiro atoms. The van der Waals surface area contributed by atoms with E-state index >= 15 is 0 Å². The van der Waals surface area contributed by atoms with Crippen LogP contribution in [0, 0.1) is 6.92 Å². The molecular formula is C18H18Cl2N4O3. The van der Waals surface area contributed by atoms with Gasteiger partial charge in [0.15, 0.2) is 5.69 Å². The van der Waals surface area contributed by atoms with Gasteiger partial charge in [-0.3, -0.25) is 9.48 Å². The van der Waals surface area contributed by atoms with Crippen molar-refractivity contribution < 1.29 is 14.1 Å². The first kappa shape index (κ1) is 19.3. The molecule has 9 heteroatoms. The van der Waals surface area contributed by atoms with Crippen LogP contribution in [0.4, 0.5) is 0 Å². The molecule has 27 heavy (non-hydrogen) atoms. The summed E-state index contributed by atoms with van der Waals surface area (Å²) in [6.07, 6.45) is 1.55. The number of ether oxygens (including phenoxy) is 1. The molecule has 0 bridgehead atoms. The van der Waals surface area contributed by atoms with Crippen LogP contribution in [0.15, 0.2) is 35.0 Å². The average molecular weight is 409 g/mol. The number of halogens is 2. The molecule has 0 unspecified atom stereocenters. The number of benzene rings is 1. The zero-order chi connectivity index (χ0) is 19.4. The lowest BCUT2D eigenvalue weighted by molar-refractivity contribution is 0.0938. The fraction of sp³-hybridized carbons (Fsp3) is 0.278. The third-order valence-corrected chi connectivity index (χ3v) is 4.58. The van der Waals surface area contributed by atoms with Gasteiger partial charge >= 0.3 is 0 Å². The molecule has 1 N–H and O–H groups in total. The third kappa shape index (κ3) is 4.43. The number of aromatic nitrogens is 3. The van der Waals surface area contributed by atoms with Crippen molar-refractivity contribution in [2.24, 2.45) is 0 Å². The van der Waals surface area contributed by atoms with Gasteiger partial charge < -0.3 is 14.6 Å². The number of hydrogen-bond donors (Lipinski definition) is 1. The molecule has 7 nitrogen and oxygen atoms in total. The van der Waals surface area contributed by atoms with Crippen molar-refractivity contribution in [1.29, 1.82) is 0 Å². The van der Waals surface area contributed by atoms with E-state index < -0.39 is 0 Å². The average Bonchev–Trinajstić information content (AvgIpc) is 3.21. The molecule has 3 rings (SSSR count). The summed E-state index contributed by atoms with van der Waals surface area (Å²) in [5.41, 5.74) is 1.49. The zero-order valence-electron chi connectivity index (χ0n) is 14.8. The number of nitrogens with zero attached hydrogens (tertiary/aromatic N) is 3. The quantitative estimate of drug-likeness (QED) is 0.638. The van der Waals surface area contributed by atoms with Gasteiger partial charge in [0.1, 0.15) is 18.1 Å². The van der Waals surface area contributed by atoms with Crippen molar-refractivity contribution in [3.63, 3.8) is 0 Å². The van der Waals surface area contributed by atoms with Gasteiger partial charge in [0.2, 0.25) is 0 Å². The maximum Gasteiger partial charge on any atom is 0.274 e. The van der Waals surface area contributed by atoms with E-state index in [0.29, 0.717) is 33.7 Å². The summed E-state index contributed by atoms with van der Waals surface area (Å²) in [5.74, 6) is 0.775. The van der Waals surface area contributed by atoms with Crippen molar-refractivity contribution >= 4 is 29.1 Å². The molecule has 1 aromatic carbocycles. The van der Waals surface area contributed by atoms with E-state index in [-0.39, 0.29) is 24.8 Å². The van der Waals surface area contributed by atoms with E-state index in [4.69, 9.17) is 32.5 Å². The lowest BCUT2D eigenvalue weighted by Crippen LogP contribution is -2.26. The Bertz CT molecular complexity index is 935. The fourth-order valence-corrected chi connectivity index (χ4v) is 2.84. The standard InChI is InChI=1S/C18H18Cl2N4O3/c1-3-24-16(15(20)8-22-24)9-21-18(25)17-14(11(2)27-23-17)10-26-13-6-4-12(19)5-7-13/h4-8H,3,9-10H2,1-2H3,(H,21,25). The zero-order valence-corrected chi connectivity index (χ0v) is 16.3. The molecule has 2 heterocycles. The fourth-order valence-electron chi connectivity index (χ4n) is 2.51. The Hall–Kier alpha value is -2.51. The second-order valence-corrected chi connectivity index (χ2v) is 6.59. The Morgan fingerprint density at radius 3 is 2.74 bits per heavy atom. The molecule has 0 saturated carbocycles. The normalized spacial score (nSPS) is 10.8. The summed E-state index contributed by atoms with van der Waals surface area (Å²) in [6, 6.07) is 6.95. The molecule has 0 saturated heterocycles. The molecule has 0 aliphatic rings. The molecule has 1 amide bonds. The second-order valence-electron chi connectivity index (χ2n) is 5.75. The molecule has 0 radical (unpaired) electrons. The molecule has 142 valence electrons. The van der Waals surface area contributed by atoms with E-state index in [1.165, 1.54) is 0 Å². The summed E-state index contributed by atoms with van der Waals surface area (Å²) in [4.78, 5) is 12.6. The van der Waals surface area contributed by atoms with Gasteiger partial charge in [0.05, 0.1) is 29.0 Å². The first-order valence-corrected chi connectivity index (χ1v) is 9.07. The second kappa shape index (κ2) is 8.45. The molecular weight excluding hydrogens is 391 g/mol. The minimum atomic E-state index is -0.374. The SMILES string of the molecule is CCn1ncc(Cl)c1CNC(=O)c1noc(C)c1COc1ccc(Cl)cc1. The number of carbonyl (C=O) groups is 1. The van der Waals surface area contributed by atoms with Crippen LogP contribution in [-0.2, 0) is 19.7 Å². The van der Waals surface area contributed by atoms with Gasteiger partial charge in [0, 0.05) is 11.6 Å². The van der Waals surface area contributed by atoms with Gasteiger partial charge in [-0.15, -0.1) is 0 Å². The predicted octanol–water partition coefficient (Wildman–Crippen LogP) is 4.02. The molecule has 0 aliphatic heterocycles. The summed E-state index contributed by atoms with van der Waals surface area (Å²) in [5, 5.41) is 11.9. The first-order valence-electron chi connectivity index (χ1n) is 8.31. The van der Waals surface area contributed by atoms with Crippen LogP contribution in [0.3, 0.4) is 0 Å². The highest BCUT2D eigenvalue weighted by atomic mass is 35.5. The van der Waals surface area contributed by atoms with Crippen LogP contribution in [0.5, 0.6) is 5.75 Å². The van der Waals surface area contributed by atoms with E-state index in [9.17, 15) is 4.79 Å². The summed E-state index contributed by atoms with van der Waals surface area (Å²) >= 11 is 12.0. The maximum absolute atomic E-state index is 12.6. The number of rotatable bonds is 7. The topological polar surface area (TPSA) is 82.2 Å². The Morgan fingerprint density at radius 1 is 1.30 bits per heavy atom. The Kier molecular flexibility index (Phi) is 6.03. The predicted molar refractivity (Wildman–Crippen MR) is 101 cm³/mol. The van der Waals surface area contributed by atoms with E-state index in [0.717, 1.165) is 5.69 Å². The molecule has 3 aromatic rings. The monoisotopic (exact) mass is 408 g/mol. The minimum absolute atomic E-state index is 0.146. The first-order chi connectivity index (χ1) is 13.0. The van der Waals surface area contributed by atoms with Crippen LogP contribution in [-0.4, -0.2) is 20.8 Å². The van der Waals surface area contributed by atoms with Crippen LogP contribution in [0.2, 0.25) is 10.0 Å². The number of aryl methyl sites for hydroxylation is 2. The number of amides is 1. The lowest BCUT2D eigenvalue weighted by atomic mass is 10.2. The van der Waals surface area contributed by atoms with Crippen molar-refractivity contribution in [2.45, 2.75) is 33.5 Å². The van der Waals surface area contributed by atoms with Crippen LogP contribution in [0.25, 0.3) is 0 Å². The van der Waals surface area contributed by atoms with Crippen molar-refractivity contribution in [2.75, 3.05) is 0 Å². The van der Waals surface area contributed by atoms with Crippen LogP contribution < -0.4 is 10.1 Å². The Balaban J connectivity index is 1.68. The smallest absolute Gasteiger partial charge is 0.274 e. The molecule has 0 fully saturated rings. The molecule has 2 aromatic heterocycles. The summed E-state index contributed by atoms with van der Waals surface area (Å²) in [7, 11) is 0. The van der Waals surface area contributed by atoms with Crippen molar-refractivity contribution in [1.82, 2.24) is 20.3 Å². The number of carbonyl (C=O) groups excluding carboxylic acids is 1. The maximum atomic E-state index is 12.6. The summed E-state index contributed by atoms with van der Waals surface area (Å²) in [6.45, 7) is 4.71. The van der Waals surface area contributed by atoms with Crippen LogP contribution in [0.1, 0.15) is 34.4 Å². The van der Waals surface area contributed by atoms with Gasteiger partial charge in [-0.05, 0) is 38.1 Å². The Morgan fingerprint density at radius 2 is 2.04 bits per heavy atom. The van der Waals surface area contributed by atoms with Gasteiger partial charge in [-0.25, -0.2) is 0 Å². The van der Waals surface area contributed by atoms with Gasteiger partial charge in [-0.2, -0.15) is 5.10 Å². The van der Waals surface area contributed by atoms with Gasteiger partial charge in [0.25, 0.3) is 5.91 Å². The van der Waals surface area contributed by atoms with Gasteiger partial charge in [-0.1, -0.05) is 28.4 Å². The van der Waals surface area contributed by atoms with E-state index in [2.05, 4.69) is 15.6 Å². The minimum Gasteiger partial charge on any atom is -0.489 e. The van der Waals surface area contributed by atoms with Crippen molar-refractivity contribution in [3.8, 4) is 5.75 Å². The highest BCUT2D eigenvalue weighted by Gasteiger charge is 2.21. The Labute approximate surface area is 166 Å². The highest BCUT2D eigenvalue weighted by molar-refractivity contribution is 6.31. The molecule has 0 atom stereocenters. The number of nitrogens with one attached hydrogen (secondary N) is 1. The summed E-state index contributed by atoms with van der Waals surface area (Å²) < 4.78 is 12.6. The van der Waals surface area contributed by atoms with Crippen molar-refractivity contribution in [3.05, 3.63) is 63.2 Å². The lowest BCUT2D eigenvalue weighted by Gasteiger charge is -2.09. The third-order valence-electron chi connectivity index (χ3n) is 4.01.